The lowest BCUT2D eigenvalue weighted by atomic mass is 9.97. The smallest absolute Gasteiger partial charge is 0.422 e. The fourth-order valence-electron chi connectivity index (χ4n) is 4.55. The van der Waals surface area contributed by atoms with Crippen LogP contribution in [0.15, 0.2) is 63.6 Å². The first-order valence-electron chi connectivity index (χ1n) is 11.9. The standard InChI is InChI=1S/C26H23F3N4O5/c27-26(28,29)20-21(31-37-22(20)16-5-2-1-3-6-16)24-30-23(32-38-24)17-10-8-15(9-11-17)19(34)14-33-12-4-7-18(13-33)25(35)36/h1-3,5-6,8-11,18-19,34H,4,7,12-14H2,(H,35,36)/t18-,19+/m0/s1. The summed E-state index contributed by atoms with van der Waals surface area (Å²) in [5.41, 5.74) is -0.461. The molecule has 0 amide bonds. The van der Waals surface area contributed by atoms with Gasteiger partial charge in [-0.1, -0.05) is 64.9 Å². The molecule has 2 atom stereocenters. The Balaban J connectivity index is 1.34. The van der Waals surface area contributed by atoms with E-state index in [2.05, 4.69) is 15.3 Å². The van der Waals surface area contributed by atoms with Crippen molar-refractivity contribution in [3.8, 4) is 34.3 Å². The molecule has 0 spiro atoms. The highest BCUT2D eigenvalue weighted by molar-refractivity contribution is 5.71. The Hall–Kier alpha value is -4.03. The van der Waals surface area contributed by atoms with Crippen molar-refractivity contribution >= 4 is 5.97 Å². The average Bonchev–Trinajstić information content (AvgIpc) is 3.57. The van der Waals surface area contributed by atoms with Gasteiger partial charge in [0.1, 0.15) is 5.56 Å². The van der Waals surface area contributed by atoms with Crippen molar-refractivity contribution in [3.63, 3.8) is 0 Å². The third-order valence-electron chi connectivity index (χ3n) is 6.48. The van der Waals surface area contributed by atoms with Gasteiger partial charge in [-0.3, -0.25) is 9.69 Å². The van der Waals surface area contributed by atoms with Gasteiger partial charge in [0, 0.05) is 24.2 Å². The van der Waals surface area contributed by atoms with Crippen LogP contribution in [-0.2, 0) is 11.0 Å². The highest BCUT2D eigenvalue weighted by Gasteiger charge is 2.42. The molecule has 5 rings (SSSR count). The van der Waals surface area contributed by atoms with Crippen LogP contribution in [-0.4, -0.2) is 56.0 Å². The van der Waals surface area contributed by atoms with Crippen LogP contribution in [0.4, 0.5) is 13.2 Å². The van der Waals surface area contributed by atoms with E-state index in [4.69, 9.17) is 9.05 Å². The van der Waals surface area contributed by atoms with Gasteiger partial charge in [-0.2, -0.15) is 18.2 Å². The molecular weight excluding hydrogens is 505 g/mol. The molecule has 1 aliphatic heterocycles. The van der Waals surface area contributed by atoms with E-state index in [9.17, 15) is 28.2 Å². The van der Waals surface area contributed by atoms with Crippen LogP contribution in [0, 0.1) is 5.92 Å². The number of β-amino-alcohol motifs (C(OH)–C–C–N with tert-alkyl or cyclic N) is 1. The topological polar surface area (TPSA) is 126 Å². The molecule has 0 saturated carbocycles. The van der Waals surface area contributed by atoms with Gasteiger partial charge >= 0.3 is 12.1 Å². The summed E-state index contributed by atoms with van der Waals surface area (Å²) in [7, 11) is 0. The summed E-state index contributed by atoms with van der Waals surface area (Å²) in [6.45, 7) is 1.37. The van der Waals surface area contributed by atoms with Crippen molar-refractivity contribution in [1.82, 2.24) is 20.2 Å². The Kier molecular flexibility index (Phi) is 7.00. The van der Waals surface area contributed by atoms with Gasteiger partial charge in [0.2, 0.25) is 5.82 Å². The molecular formula is C26H23F3N4O5. The lowest BCUT2D eigenvalue weighted by Gasteiger charge is -2.32. The number of hydrogen-bond acceptors (Lipinski definition) is 8. The van der Waals surface area contributed by atoms with Crippen LogP contribution >= 0.6 is 0 Å². The van der Waals surface area contributed by atoms with Gasteiger partial charge < -0.3 is 19.3 Å². The molecule has 9 nitrogen and oxygen atoms in total. The maximum atomic E-state index is 13.9. The number of aliphatic hydroxyl groups is 1. The minimum Gasteiger partial charge on any atom is -0.481 e. The fraction of sp³-hybridized carbons (Fsp3) is 0.308. The van der Waals surface area contributed by atoms with Crippen molar-refractivity contribution in [2.24, 2.45) is 5.92 Å². The monoisotopic (exact) mass is 528 g/mol. The van der Waals surface area contributed by atoms with Crippen LogP contribution in [0.5, 0.6) is 0 Å². The summed E-state index contributed by atoms with van der Waals surface area (Å²) < 4.78 is 52.0. The van der Waals surface area contributed by atoms with Crippen molar-refractivity contribution < 1.29 is 37.2 Å². The molecule has 198 valence electrons. The van der Waals surface area contributed by atoms with Crippen molar-refractivity contribution in [2.75, 3.05) is 19.6 Å². The van der Waals surface area contributed by atoms with E-state index in [0.717, 1.165) is 6.42 Å². The highest BCUT2D eigenvalue weighted by atomic mass is 19.4. The first kappa shape index (κ1) is 25.6. The number of likely N-dealkylation sites (tertiary alicyclic amines) is 1. The largest absolute Gasteiger partial charge is 0.481 e. The van der Waals surface area contributed by atoms with Gasteiger partial charge in [-0.15, -0.1) is 0 Å². The highest BCUT2D eigenvalue weighted by Crippen LogP contribution is 2.43. The van der Waals surface area contributed by atoms with E-state index < -0.39 is 47.1 Å². The Morgan fingerprint density at radius 2 is 1.79 bits per heavy atom. The number of piperidine rings is 1. The van der Waals surface area contributed by atoms with E-state index in [0.29, 0.717) is 30.6 Å². The maximum absolute atomic E-state index is 13.9. The Morgan fingerprint density at radius 1 is 1.05 bits per heavy atom. The molecule has 0 radical (unpaired) electrons. The Labute approximate surface area is 214 Å². The second-order valence-corrected chi connectivity index (χ2v) is 9.10. The molecule has 0 bridgehead atoms. The maximum Gasteiger partial charge on any atom is 0.422 e. The minimum atomic E-state index is -4.79. The van der Waals surface area contributed by atoms with Gasteiger partial charge in [-0.25, -0.2) is 0 Å². The Bertz CT molecular complexity index is 1400. The van der Waals surface area contributed by atoms with Crippen LogP contribution in [0.2, 0.25) is 0 Å². The molecule has 2 N–H and O–H groups in total. The number of carboxylic acid groups (broad SMARTS) is 1. The number of carboxylic acids is 1. The molecule has 38 heavy (non-hydrogen) atoms. The van der Waals surface area contributed by atoms with Crippen LogP contribution in [0.1, 0.15) is 30.1 Å². The lowest BCUT2D eigenvalue weighted by Crippen LogP contribution is -2.40. The van der Waals surface area contributed by atoms with Crippen molar-refractivity contribution in [2.45, 2.75) is 25.1 Å². The zero-order chi connectivity index (χ0) is 26.9. The van der Waals surface area contributed by atoms with Gasteiger partial charge in [0.05, 0.1) is 12.0 Å². The predicted octanol–water partition coefficient (Wildman–Crippen LogP) is 4.91. The normalized spacial score (nSPS) is 17.4. The molecule has 0 unspecified atom stereocenters. The fourth-order valence-corrected chi connectivity index (χ4v) is 4.55. The van der Waals surface area contributed by atoms with E-state index in [-0.39, 0.29) is 17.9 Å². The summed E-state index contributed by atoms with van der Waals surface area (Å²) in [6.07, 6.45) is -4.27. The number of alkyl halides is 3. The van der Waals surface area contributed by atoms with Gasteiger partial charge in [0.15, 0.2) is 11.5 Å². The van der Waals surface area contributed by atoms with Gasteiger partial charge in [0.25, 0.3) is 5.89 Å². The number of nitrogens with zero attached hydrogens (tertiary/aromatic N) is 4. The first-order valence-corrected chi connectivity index (χ1v) is 11.9. The summed E-state index contributed by atoms with van der Waals surface area (Å²) >= 11 is 0. The molecule has 2 aromatic heterocycles. The number of aliphatic carboxylic acids is 1. The SMILES string of the molecule is O=C(O)[C@H]1CCCN(C[C@@H](O)c2ccc(-c3noc(-c4noc(-c5ccccc5)c4C(F)(F)F)n3)cc2)C1. The zero-order valence-corrected chi connectivity index (χ0v) is 19.9. The molecule has 3 heterocycles. The molecule has 0 aliphatic carbocycles. The first-order chi connectivity index (χ1) is 18.2. The zero-order valence-electron chi connectivity index (χ0n) is 19.9. The van der Waals surface area contributed by atoms with E-state index >= 15 is 0 Å². The third kappa shape index (κ3) is 5.31. The van der Waals surface area contributed by atoms with Crippen molar-refractivity contribution in [3.05, 3.63) is 65.7 Å². The quantitative estimate of drug-likeness (QED) is 0.344. The number of rotatable bonds is 7. The number of aliphatic hydroxyl groups excluding tert-OH is 1. The lowest BCUT2D eigenvalue weighted by molar-refractivity contribution is -0.143. The van der Waals surface area contributed by atoms with Crippen molar-refractivity contribution in [1.29, 1.82) is 0 Å². The summed E-state index contributed by atoms with van der Waals surface area (Å²) in [5, 5.41) is 27.3. The van der Waals surface area contributed by atoms with E-state index in [1.807, 2.05) is 4.90 Å². The second-order valence-electron chi connectivity index (χ2n) is 9.10. The summed E-state index contributed by atoms with van der Waals surface area (Å²) in [6, 6.07) is 14.3. The summed E-state index contributed by atoms with van der Waals surface area (Å²) in [4.78, 5) is 17.3. The van der Waals surface area contributed by atoms with Crippen LogP contribution in [0.3, 0.4) is 0 Å². The molecule has 2 aromatic carbocycles. The molecule has 1 fully saturated rings. The van der Waals surface area contributed by atoms with Crippen LogP contribution in [0.25, 0.3) is 34.3 Å². The third-order valence-corrected chi connectivity index (χ3v) is 6.48. The van der Waals surface area contributed by atoms with E-state index in [1.165, 1.54) is 12.1 Å². The summed E-state index contributed by atoms with van der Waals surface area (Å²) in [5.74, 6) is -2.14. The number of benzene rings is 2. The molecule has 1 saturated heterocycles. The van der Waals surface area contributed by atoms with Gasteiger partial charge in [-0.05, 0) is 24.9 Å². The van der Waals surface area contributed by atoms with Crippen LogP contribution < -0.4 is 0 Å². The number of halogens is 3. The average molecular weight is 528 g/mol. The number of hydrogen-bond donors (Lipinski definition) is 2. The molecule has 12 heteroatoms. The number of aromatic nitrogens is 3. The predicted molar refractivity (Wildman–Crippen MR) is 127 cm³/mol. The second kappa shape index (κ2) is 10.4. The number of carbonyl (C=O) groups is 1. The Morgan fingerprint density at radius 3 is 2.47 bits per heavy atom. The molecule has 1 aliphatic rings. The van der Waals surface area contributed by atoms with E-state index in [1.54, 1.807) is 42.5 Å². The molecule has 4 aromatic rings. The minimum absolute atomic E-state index is 0.0405.